The molecule has 0 aromatic heterocycles. The van der Waals surface area contributed by atoms with Crippen LogP contribution in [0, 0.1) is 0 Å². The molecule has 0 saturated heterocycles. The maximum Gasteiger partial charge on any atom is 0.417 e. The van der Waals surface area contributed by atoms with Crippen molar-refractivity contribution in [3.05, 3.63) is 33.3 Å². The fourth-order valence-electron chi connectivity index (χ4n) is 1.81. The van der Waals surface area contributed by atoms with E-state index in [2.05, 4.69) is 10.3 Å². The van der Waals surface area contributed by atoms with E-state index < -0.39 is 22.8 Å². The lowest BCUT2D eigenvalue weighted by Gasteiger charge is -2.18. The molecule has 2 rings (SSSR count). The number of amidine groups is 1. The summed E-state index contributed by atoms with van der Waals surface area (Å²) >= 11 is 11.5. The Hall–Kier alpha value is -0.980. The Morgan fingerprint density at radius 3 is 2.53 bits per heavy atom. The Labute approximate surface area is 117 Å². The summed E-state index contributed by atoms with van der Waals surface area (Å²) in [6, 6.07) is 1.26. The molecule has 1 atom stereocenters. The van der Waals surface area contributed by atoms with Crippen molar-refractivity contribution in [1.82, 2.24) is 5.32 Å². The first-order chi connectivity index (χ1) is 8.80. The van der Waals surface area contributed by atoms with E-state index in [0.29, 0.717) is 18.9 Å². The van der Waals surface area contributed by atoms with Gasteiger partial charge in [-0.15, -0.1) is 0 Å². The summed E-state index contributed by atoms with van der Waals surface area (Å²) in [6.07, 6.45) is -4.58. The molecular formula is C11H10Cl2F3N3. The predicted molar refractivity (Wildman–Crippen MR) is 68.7 cm³/mol. The van der Waals surface area contributed by atoms with Crippen LogP contribution in [0.25, 0.3) is 0 Å². The van der Waals surface area contributed by atoms with Crippen LogP contribution in [0.2, 0.25) is 10.0 Å². The highest BCUT2D eigenvalue weighted by atomic mass is 35.5. The normalized spacial score (nSPS) is 17.1. The van der Waals surface area contributed by atoms with Gasteiger partial charge in [0.1, 0.15) is 5.84 Å². The zero-order valence-corrected chi connectivity index (χ0v) is 11.1. The molecule has 0 radical (unpaired) electrons. The molecule has 0 spiro atoms. The van der Waals surface area contributed by atoms with Gasteiger partial charge in [-0.2, -0.15) is 13.2 Å². The van der Waals surface area contributed by atoms with E-state index in [-0.39, 0.29) is 10.6 Å². The first kappa shape index (κ1) is 14.4. The minimum atomic E-state index is -4.58. The number of hydrogen-bond acceptors (Lipinski definition) is 3. The summed E-state index contributed by atoms with van der Waals surface area (Å²) in [5.74, 6) is 0.414. The zero-order valence-electron chi connectivity index (χ0n) is 9.56. The van der Waals surface area contributed by atoms with E-state index in [1.807, 2.05) is 0 Å². The Morgan fingerprint density at radius 1 is 1.32 bits per heavy atom. The lowest BCUT2D eigenvalue weighted by atomic mass is 10.0. The number of nitrogens with two attached hydrogens (primary N) is 1. The van der Waals surface area contributed by atoms with Crippen LogP contribution in [0.1, 0.15) is 17.2 Å². The van der Waals surface area contributed by atoms with E-state index in [1.54, 1.807) is 0 Å². The summed E-state index contributed by atoms with van der Waals surface area (Å²) in [6.45, 7) is 1.14. The van der Waals surface area contributed by atoms with Gasteiger partial charge in [-0.05, 0) is 17.7 Å². The van der Waals surface area contributed by atoms with Crippen molar-refractivity contribution in [3.8, 4) is 0 Å². The van der Waals surface area contributed by atoms with E-state index >= 15 is 0 Å². The van der Waals surface area contributed by atoms with Gasteiger partial charge in [-0.1, -0.05) is 23.2 Å². The summed E-state index contributed by atoms with van der Waals surface area (Å²) in [5.41, 5.74) is 4.99. The van der Waals surface area contributed by atoms with Crippen LogP contribution >= 0.6 is 23.2 Å². The molecule has 3 nitrogen and oxygen atoms in total. The van der Waals surface area contributed by atoms with Crippen molar-refractivity contribution >= 4 is 29.0 Å². The number of benzene rings is 1. The lowest BCUT2D eigenvalue weighted by Crippen LogP contribution is -2.31. The number of rotatable bonds is 2. The number of nitrogens with zero attached hydrogens (tertiary/aromatic N) is 1. The molecule has 0 bridgehead atoms. The lowest BCUT2D eigenvalue weighted by molar-refractivity contribution is -0.137. The molecule has 1 aromatic carbocycles. The molecule has 0 aliphatic carbocycles. The van der Waals surface area contributed by atoms with Crippen LogP contribution in [0.5, 0.6) is 0 Å². The monoisotopic (exact) mass is 311 g/mol. The minimum Gasteiger partial charge on any atom is -0.370 e. The van der Waals surface area contributed by atoms with Gasteiger partial charge in [0, 0.05) is 11.6 Å². The number of nitrogens with one attached hydrogen (secondary N) is 1. The predicted octanol–water partition coefficient (Wildman–Crippen LogP) is 3.01. The van der Waals surface area contributed by atoms with E-state index in [9.17, 15) is 13.2 Å². The average Bonchev–Trinajstić information content (AvgIpc) is 2.83. The highest BCUT2D eigenvalue weighted by Crippen LogP contribution is 2.39. The maximum absolute atomic E-state index is 12.8. The van der Waals surface area contributed by atoms with Crippen LogP contribution in [0.3, 0.4) is 0 Å². The molecule has 1 aromatic rings. The summed E-state index contributed by atoms with van der Waals surface area (Å²) in [5, 5.41) is 2.39. The third kappa shape index (κ3) is 2.96. The Morgan fingerprint density at radius 2 is 2.00 bits per heavy atom. The smallest absolute Gasteiger partial charge is 0.370 e. The Kier molecular flexibility index (Phi) is 3.94. The van der Waals surface area contributed by atoms with Crippen LogP contribution in [-0.4, -0.2) is 18.9 Å². The first-order valence-electron chi connectivity index (χ1n) is 5.40. The molecule has 0 amide bonds. The number of aliphatic imine (C=N–C) groups is 1. The van der Waals surface area contributed by atoms with Crippen molar-refractivity contribution in [3.63, 3.8) is 0 Å². The SMILES string of the molecule is NC(C1=NCCN1)c1cc(Cl)cc(C(F)(F)F)c1Cl. The van der Waals surface area contributed by atoms with Gasteiger partial charge in [0.2, 0.25) is 0 Å². The highest BCUT2D eigenvalue weighted by Gasteiger charge is 2.35. The van der Waals surface area contributed by atoms with Crippen molar-refractivity contribution in [2.75, 3.05) is 13.1 Å². The van der Waals surface area contributed by atoms with E-state index in [4.69, 9.17) is 28.9 Å². The molecule has 1 aliphatic rings. The molecule has 3 N–H and O–H groups in total. The van der Waals surface area contributed by atoms with E-state index in [1.165, 1.54) is 6.07 Å². The summed E-state index contributed by atoms with van der Waals surface area (Å²) in [7, 11) is 0. The fraction of sp³-hybridized carbons (Fsp3) is 0.364. The van der Waals surface area contributed by atoms with E-state index in [0.717, 1.165) is 6.07 Å². The Balaban J connectivity index is 2.48. The third-order valence-electron chi connectivity index (χ3n) is 2.70. The van der Waals surface area contributed by atoms with Crippen LogP contribution in [0.15, 0.2) is 17.1 Å². The second kappa shape index (κ2) is 5.19. The highest BCUT2D eigenvalue weighted by molar-refractivity contribution is 6.34. The van der Waals surface area contributed by atoms with Crippen LogP contribution in [-0.2, 0) is 6.18 Å². The fourth-order valence-corrected chi connectivity index (χ4v) is 2.38. The second-order valence-electron chi connectivity index (χ2n) is 4.03. The van der Waals surface area contributed by atoms with Crippen molar-refractivity contribution < 1.29 is 13.2 Å². The van der Waals surface area contributed by atoms with Gasteiger partial charge in [0.15, 0.2) is 0 Å². The molecule has 19 heavy (non-hydrogen) atoms. The summed E-state index contributed by atoms with van der Waals surface area (Å²) < 4.78 is 38.5. The molecule has 1 aliphatic heterocycles. The molecular weight excluding hydrogens is 302 g/mol. The quantitative estimate of drug-likeness (QED) is 0.882. The van der Waals surface area contributed by atoms with Gasteiger partial charge >= 0.3 is 6.18 Å². The number of hydrogen-bond donors (Lipinski definition) is 2. The summed E-state index contributed by atoms with van der Waals surface area (Å²) in [4.78, 5) is 4.07. The number of halogens is 5. The molecule has 104 valence electrons. The zero-order chi connectivity index (χ0) is 14.2. The van der Waals surface area contributed by atoms with Crippen LogP contribution in [0.4, 0.5) is 13.2 Å². The minimum absolute atomic E-state index is 0.0687. The van der Waals surface area contributed by atoms with Gasteiger partial charge in [0.25, 0.3) is 0 Å². The van der Waals surface area contributed by atoms with Crippen LogP contribution < -0.4 is 11.1 Å². The molecule has 0 saturated carbocycles. The third-order valence-corrected chi connectivity index (χ3v) is 3.34. The standard InChI is InChI=1S/C11H10Cl2F3N3/c12-5-3-6(9(17)10-18-1-2-19-10)8(13)7(4-5)11(14,15)16/h3-4,9H,1-2,17H2,(H,18,19). The molecule has 0 fully saturated rings. The topological polar surface area (TPSA) is 50.4 Å². The second-order valence-corrected chi connectivity index (χ2v) is 4.84. The Bertz CT molecular complexity index is 529. The maximum atomic E-state index is 12.8. The van der Waals surface area contributed by atoms with Gasteiger partial charge in [-0.25, -0.2) is 0 Å². The van der Waals surface area contributed by atoms with Gasteiger partial charge in [0.05, 0.1) is 23.2 Å². The molecule has 1 unspecified atom stereocenters. The average molecular weight is 312 g/mol. The molecule has 1 heterocycles. The largest absolute Gasteiger partial charge is 0.417 e. The van der Waals surface area contributed by atoms with Crippen molar-refractivity contribution in [2.45, 2.75) is 12.2 Å². The van der Waals surface area contributed by atoms with Gasteiger partial charge in [-0.3, -0.25) is 4.99 Å². The van der Waals surface area contributed by atoms with Crippen molar-refractivity contribution in [2.24, 2.45) is 10.7 Å². The first-order valence-corrected chi connectivity index (χ1v) is 6.16. The van der Waals surface area contributed by atoms with Gasteiger partial charge < -0.3 is 11.1 Å². The van der Waals surface area contributed by atoms with Crippen molar-refractivity contribution in [1.29, 1.82) is 0 Å². The molecule has 8 heteroatoms. The number of alkyl halides is 3.